The molecular formula is C14H15FN4. The third-order valence-electron chi connectivity index (χ3n) is 4.20. The van der Waals surface area contributed by atoms with Crippen molar-refractivity contribution in [3.63, 3.8) is 0 Å². The van der Waals surface area contributed by atoms with E-state index in [0.29, 0.717) is 11.8 Å². The third kappa shape index (κ3) is 1.85. The first-order valence-electron chi connectivity index (χ1n) is 6.67. The molecular weight excluding hydrogens is 243 g/mol. The minimum atomic E-state index is -0.245. The summed E-state index contributed by atoms with van der Waals surface area (Å²) in [6.45, 7) is 4.23. The van der Waals surface area contributed by atoms with E-state index in [0.717, 1.165) is 43.0 Å². The Labute approximate surface area is 110 Å². The van der Waals surface area contributed by atoms with Crippen LogP contribution in [0, 0.1) is 17.7 Å². The molecule has 2 aliphatic rings. The number of hydrogen-bond acceptors (Lipinski definition) is 4. The summed E-state index contributed by atoms with van der Waals surface area (Å²) in [5.41, 5.74) is 0.807. The Morgan fingerprint density at radius 3 is 2.79 bits per heavy atom. The van der Waals surface area contributed by atoms with Crippen LogP contribution < -0.4 is 10.2 Å². The summed E-state index contributed by atoms with van der Waals surface area (Å²) < 4.78 is 13.1. The first-order chi connectivity index (χ1) is 9.29. The zero-order valence-corrected chi connectivity index (χ0v) is 10.5. The highest BCUT2D eigenvalue weighted by molar-refractivity contribution is 5.78. The second-order valence-corrected chi connectivity index (χ2v) is 5.46. The van der Waals surface area contributed by atoms with Gasteiger partial charge in [0, 0.05) is 37.8 Å². The Hall–Kier alpha value is -1.75. The quantitative estimate of drug-likeness (QED) is 0.840. The zero-order chi connectivity index (χ0) is 12.8. The number of anilines is 1. The van der Waals surface area contributed by atoms with Gasteiger partial charge in [0.05, 0.1) is 5.52 Å². The lowest BCUT2D eigenvalue weighted by Gasteiger charge is -2.17. The molecule has 0 saturated carbocycles. The molecule has 0 aliphatic carbocycles. The molecule has 0 bridgehead atoms. The highest BCUT2D eigenvalue weighted by atomic mass is 19.1. The van der Waals surface area contributed by atoms with Crippen LogP contribution in [-0.2, 0) is 0 Å². The minimum Gasteiger partial charge on any atom is -0.340 e. The standard InChI is InChI=1S/C14H15FN4/c15-12-1-2-13-9(3-12)6-17-14(18-13)19-7-10-4-16-5-11(10)8-19/h1-3,6,10-11,16H,4-5,7-8H2. The largest absolute Gasteiger partial charge is 0.340 e. The summed E-state index contributed by atoms with van der Waals surface area (Å²) in [6.07, 6.45) is 1.72. The molecule has 2 atom stereocenters. The lowest BCUT2D eigenvalue weighted by molar-refractivity contribution is 0.533. The molecule has 0 spiro atoms. The Kier molecular flexibility index (Phi) is 2.41. The van der Waals surface area contributed by atoms with Crippen LogP contribution in [0.15, 0.2) is 24.4 Å². The summed E-state index contributed by atoms with van der Waals surface area (Å²) in [4.78, 5) is 11.2. The van der Waals surface area contributed by atoms with Gasteiger partial charge in [-0.1, -0.05) is 0 Å². The highest BCUT2D eigenvalue weighted by Gasteiger charge is 2.37. The molecule has 2 fully saturated rings. The molecule has 4 rings (SSSR count). The number of nitrogens with one attached hydrogen (secondary N) is 1. The molecule has 2 aromatic rings. The van der Waals surface area contributed by atoms with Gasteiger partial charge in [-0.05, 0) is 30.0 Å². The van der Waals surface area contributed by atoms with Gasteiger partial charge in [-0.15, -0.1) is 0 Å². The average Bonchev–Trinajstić information content (AvgIpc) is 2.98. The van der Waals surface area contributed by atoms with Crippen molar-refractivity contribution in [2.45, 2.75) is 0 Å². The molecule has 98 valence electrons. The maximum atomic E-state index is 13.1. The third-order valence-corrected chi connectivity index (χ3v) is 4.20. The van der Waals surface area contributed by atoms with E-state index in [9.17, 15) is 4.39 Å². The van der Waals surface area contributed by atoms with Crippen LogP contribution in [0.1, 0.15) is 0 Å². The second kappa shape index (κ2) is 4.13. The Bertz CT molecular complexity index is 618. The van der Waals surface area contributed by atoms with Gasteiger partial charge in [-0.3, -0.25) is 0 Å². The van der Waals surface area contributed by atoms with E-state index in [4.69, 9.17) is 0 Å². The summed E-state index contributed by atoms with van der Waals surface area (Å²) in [7, 11) is 0. The summed E-state index contributed by atoms with van der Waals surface area (Å²) >= 11 is 0. The predicted molar refractivity (Wildman–Crippen MR) is 71.6 cm³/mol. The molecule has 2 unspecified atom stereocenters. The highest BCUT2D eigenvalue weighted by Crippen LogP contribution is 2.29. The van der Waals surface area contributed by atoms with Gasteiger partial charge in [0.2, 0.25) is 5.95 Å². The van der Waals surface area contributed by atoms with Crippen LogP contribution in [0.25, 0.3) is 10.9 Å². The zero-order valence-electron chi connectivity index (χ0n) is 10.5. The molecule has 0 amide bonds. The van der Waals surface area contributed by atoms with Crippen molar-refractivity contribution in [1.29, 1.82) is 0 Å². The Morgan fingerprint density at radius 1 is 1.21 bits per heavy atom. The van der Waals surface area contributed by atoms with E-state index in [-0.39, 0.29) is 5.82 Å². The van der Waals surface area contributed by atoms with E-state index in [1.807, 2.05) is 0 Å². The van der Waals surface area contributed by atoms with Gasteiger partial charge in [0.1, 0.15) is 5.82 Å². The molecule has 1 aromatic carbocycles. The maximum Gasteiger partial charge on any atom is 0.225 e. The molecule has 5 heteroatoms. The number of fused-ring (bicyclic) bond motifs is 2. The minimum absolute atomic E-state index is 0.245. The van der Waals surface area contributed by atoms with Crippen molar-refractivity contribution < 1.29 is 4.39 Å². The number of rotatable bonds is 1. The van der Waals surface area contributed by atoms with Gasteiger partial charge in [0.15, 0.2) is 0 Å². The summed E-state index contributed by atoms with van der Waals surface area (Å²) in [6, 6.07) is 4.64. The van der Waals surface area contributed by atoms with E-state index >= 15 is 0 Å². The second-order valence-electron chi connectivity index (χ2n) is 5.46. The summed E-state index contributed by atoms with van der Waals surface area (Å²) in [5.74, 6) is 1.96. The number of nitrogens with zero attached hydrogens (tertiary/aromatic N) is 3. The van der Waals surface area contributed by atoms with Gasteiger partial charge in [-0.25, -0.2) is 14.4 Å². The fourth-order valence-corrected chi connectivity index (χ4v) is 3.17. The van der Waals surface area contributed by atoms with Gasteiger partial charge < -0.3 is 10.2 Å². The molecule has 2 saturated heterocycles. The normalized spacial score (nSPS) is 26.1. The van der Waals surface area contributed by atoms with Crippen molar-refractivity contribution in [2.24, 2.45) is 11.8 Å². The van der Waals surface area contributed by atoms with Gasteiger partial charge >= 0.3 is 0 Å². The summed E-state index contributed by atoms with van der Waals surface area (Å²) in [5, 5.41) is 4.18. The molecule has 0 radical (unpaired) electrons. The predicted octanol–water partition coefficient (Wildman–Crippen LogP) is 1.42. The smallest absolute Gasteiger partial charge is 0.225 e. The van der Waals surface area contributed by atoms with Gasteiger partial charge in [0.25, 0.3) is 0 Å². The van der Waals surface area contributed by atoms with Gasteiger partial charge in [-0.2, -0.15) is 0 Å². The van der Waals surface area contributed by atoms with Crippen LogP contribution in [0.2, 0.25) is 0 Å². The number of hydrogen-bond donors (Lipinski definition) is 1. The van der Waals surface area contributed by atoms with Crippen LogP contribution in [0.4, 0.5) is 10.3 Å². The van der Waals surface area contributed by atoms with Crippen molar-refractivity contribution in [1.82, 2.24) is 15.3 Å². The lowest BCUT2D eigenvalue weighted by atomic mass is 10.0. The van der Waals surface area contributed by atoms with E-state index in [2.05, 4.69) is 20.2 Å². The first-order valence-corrected chi connectivity index (χ1v) is 6.67. The van der Waals surface area contributed by atoms with E-state index < -0.39 is 0 Å². The van der Waals surface area contributed by atoms with Crippen molar-refractivity contribution in [3.8, 4) is 0 Å². The van der Waals surface area contributed by atoms with Crippen LogP contribution in [0.5, 0.6) is 0 Å². The van der Waals surface area contributed by atoms with Crippen molar-refractivity contribution in [3.05, 3.63) is 30.2 Å². The number of halogens is 1. The fourth-order valence-electron chi connectivity index (χ4n) is 3.17. The molecule has 19 heavy (non-hydrogen) atoms. The first kappa shape index (κ1) is 11.1. The monoisotopic (exact) mass is 258 g/mol. The fraction of sp³-hybridized carbons (Fsp3) is 0.429. The molecule has 2 aliphatic heterocycles. The molecule has 4 nitrogen and oxygen atoms in total. The lowest BCUT2D eigenvalue weighted by Crippen LogP contribution is -2.26. The van der Waals surface area contributed by atoms with Crippen molar-refractivity contribution in [2.75, 3.05) is 31.1 Å². The Balaban J connectivity index is 1.66. The maximum absolute atomic E-state index is 13.1. The van der Waals surface area contributed by atoms with Crippen LogP contribution in [0.3, 0.4) is 0 Å². The average molecular weight is 258 g/mol. The molecule has 3 heterocycles. The van der Waals surface area contributed by atoms with Crippen molar-refractivity contribution >= 4 is 16.9 Å². The Morgan fingerprint density at radius 2 is 2.00 bits per heavy atom. The van der Waals surface area contributed by atoms with E-state index in [1.54, 1.807) is 12.3 Å². The van der Waals surface area contributed by atoms with E-state index in [1.165, 1.54) is 12.1 Å². The topological polar surface area (TPSA) is 41.1 Å². The number of aromatic nitrogens is 2. The van der Waals surface area contributed by atoms with Crippen LogP contribution in [-0.4, -0.2) is 36.1 Å². The molecule has 1 aromatic heterocycles. The van der Waals surface area contributed by atoms with Crippen LogP contribution >= 0.6 is 0 Å². The SMILES string of the molecule is Fc1ccc2nc(N3CC4CNCC4C3)ncc2c1. The number of benzene rings is 1. The molecule has 1 N–H and O–H groups in total.